The van der Waals surface area contributed by atoms with Gasteiger partial charge in [-0.2, -0.15) is 0 Å². The van der Waals surface area contributed by atoms with Gasteiger partial charge in [0, 0.05) is 25.9 Å². The van der Waals surface area contributed by atoms with Crippen LogP contribution in [0.3, 0.4) is 0 Å². The number of nitrogens with zero attached hydrogens (tertiary/aromatic N) is 2. The number of aliphatic hydroxyl groups excluding tert-OH is 4. The summed E-state index contributed by atoms with van der Waals surface area (Å²) in [6.07, 6.45) is 3.09. The molecule has 4 N–H and O–H groups in total. The van der Waals surface area contributed by atoms with E-state index in [4.69, 9.17) is 4.74 Å². The quantitative estimate of drug-likeness (QED) is 0.456. The van der Waals surface area contributed by atoms with Crippen LogP contribution in [0.5, 0.6) is 5.75 Å². The number of ether oxygens (including phenoxy) is 1. The Kier molecular flexibility index (Phi) is 7.67. The molecule has 2 saturated heterocycles. The van der Waals surface area contributed by atoms with Crippen molar-refractivity contribution < 1.29 is 29.6 Å². The van der Waals surface area contributed by atoms with Gasteiger partial charge in [-0.3, -0.25) is 4.90 Å². The molecule has 2 aliphatic rings. The lowest BCUT2D eigenvalue weighted by atomic mass is 9.94. The molecule has 1 aromatic rings. The molecule has 0 aliphatic carbocycles. The van der Waals surface area contributed by atoms with Crippen molar-refractivity contribution >= 4 is 6.08 Å². The first-order valence-corrected chi connectivity index (χ1v) is 10.5. The Hall–Kier alpha value is -1.48. The predicted octanol–water partition coefficient (Wildman–Crippen LogP) is 0.0782. The highest BCUT2D eigenvalue weighted by molar-refractivity contribution is 5.50. The number of hydrogen-bond donors (Lipinski definition) is 4. The SMILES string of the molecule is C[N+]1(CCOc2ccc(C=CCN3CC(O)C(O)C(O)C3CO)cc2)CCCC1. The smallest absolute Gasteiger partial charge is 0.137 e. The average molecular weight is 408 g/mol. The van der Waals surface area contributed by atoms with E-state index in [-0.39, 0.29) is 13.2 Å². The minimum atomic E-state index is -1.23. The largest absolute Gasteiger partial charge is 0.488 e. The number of piperidine rings is 1. The summed E-state index contributed by atoms with van der Waals surface area (Å²) < 4.78 is 7.00. The summed E-state index contributed by atoms with van der Waals surface area (Å²) in [5.74, 6) is 0.865. The summed E-state index contributed by atoms with van der Waals surface area (Å²) in [7, 11) is 2.30. The summed E-state index contributed by atoms with van der Waals surface area (Å²) >= 11 is 0. The molecule has 162 valence electrons. The maximum Gasteiger partial charge on any atom is 0.137 e. The van der Waals surface area contributed by atoms with E-state index in [2.05, 4.69) is 7.05 Å². The van der Waals surface area contributed by atoms with Crippen LogP contribution in [0.1, 0.15) is 18.4 Å². The van der Waals surface area contributed by atoms with Crippen molar-refractivity contribution in [3.8, 4) is 5.75 Å². The monoisotopic (exact) mass is 407 g/mol. The van der Waals surface area contributed by atoms with Gasteiger partial charge in [0.1, 0.15) is 31.1 Å². The van der Waals surface area contributed by atoms with E-state index in [0.717, 1.165) is 28.9 Å². The lowest BCUT2D eigenvalue weighted by Gasteiger charge is -2.42. The van der Waals surface area contributed by atoms with E-state index in [1.807, 2.05) is 36.4 Å². The highest BCUT2D eigenvalue weighted by Gasteiger charge is 2.40. The molecule has 2 heterocycles. The molecule has 0 spiro atoms. The fraction of sp³-hybridized carbons (Fsp3) is 0.636. The van der Waals surface area contributed by atoms with Crippen LogP contribution in [-0.4, -0.2) is 107 Å². The normalized spacial score (nSPS) is 30.1. The van der Waals surface area contributed by atoms with Crippen molar-refractivity contribution in [2.24, 2.45) is 0 Å². The fourth-order valence-electron chi connectivity index (χ4n) is 4.29. The van der Waals surface area contributed by atoms with Gasteiger partial charge in [0.15, 0.2) is 0 Å². The van der Waals surface area contributed by atoms with Gasteiger partial charge in [0.05, 0.1) is 38.9 Å². The first-order valence-electron chi connectivity index (χ1n) is 10.5. The van der Waals surface area contributed by atoms with E-state index in [1.165, 1.54) is 25.9 Å². The molecule has 2 fully saturated rings. The predicted molar refractivity (Wildman–Crippen MR) is 111 cm³/mol. The van der Waals surface area contributed by atoms with Crippen molar-refractivity contribution in [2.75, 3.05) is 53.0 Å². The molecule has 3 rings (SSSR count). The van der Waals surface area contributed by atoms with Crippen LogP contribution in [0.4, 0.5) is 0 Å². The van der Waals surface area contributed by atoms with Crippen molar-refractivity contribution in [1.82, 2.24) is 4.90 Å². The number of rotatable bonds is 8. The topological polar surface area (TPSA) is 93.4 Å². The summed E-state index contributed by atoms with van der Waals surface area (Å²) in [5, 5.41) is 39.2. The second-order valence-electron chi connectivity index (χ2n) is 8.57. The first kappa shape index (κ1) is 22.2. The second kappa shape index (κ2) is 10.0. The Balaban J connectivity index is 1.47. The average Bonchev–Trinajstić information content (AvgIpc) is 3.14. The Morgan fingerprint density at radius 3 is 2.45 bits per heavy atom. The molecule has 7 nitrogen and oxygen atoms in total. The number of hydrogen-bond acceptors (Lipinski definition) is 6. The minimum Gasteiger partial charge on any atom is -0.488 e. The number of quaternary nitrogens is 1. The van der Waals surface area contributed by atoms with Crippen LogP contribution in [-0.2, 0) is 0 Å². The van der Waals surface area contributed by atoms with Crippen LogP contribution >= 0.6 is 0 Å². The van der Waals surface area contributed by atoms with Gasteiger partial charge in [-0.25, -0.2) is 0 Å². The molecule has 29 heavy (non-hydrogen) atoms. The second-order valence-corrected chi connectivity index (χ2v) is 8.57. The summed E-state index contributed by atoms with van der Waals surface area (Å²) in [6, 6.07) is 7.32. The molecule has 7 heteroatoms. The zero-order chi connectivity index (χ0) is 20.9. The van der Waals surface area contributed by atoms with Gasteiger partial charge in [0.2, 0.25) is 0 Å². The molecule has 2 aliphatic heterocycles. The van der Waals surface area contributed by atoms with Gasteiger partial charge >= 0.3 is 0 Å². The minimum absolute atomic E-state index is 0.206. The van der Waals surface area contributed by atoms with Crippen LogP contribution < -0.4 is 4.74 Å². The van der Waals surface area contributed by atoms with Crippen LogP contribution in [0.15, 0.2) is 30.3 Å². The van der Waals surface area contributed by atoms with Gasteiger partial charge in [-0.1, -0.05) is 24.3 Å². The summed E-state index contributed by atoms with van der Waals surface area (Å²) in [4.78, 5) is 1.78. The molecule has 0 bridgehead atoms. The van der Waals surface area contributed by atoms with Crippen molar-refractivity contribution in [3.05, 3.63) is 35.9 Å². The summed E-state index contributed by atoms with van der Waals surface area (Å²) in [6.45, 7) is 4.64. The van der Waals surface area contributed by atoms with Crippen LogP contribution in [0, 0.1) is 0 Å². The number of likely N-dealkylation sites (tertiary alicyclic amines) is 2. The van der Waals surface area contributed by atoms with Gasteiger partial charge < -0.3 is 29.6 Å². The highest BCUT2D eigenvalue weighted by Crippen LogP contribution is 2.20. The number of likely N-dealkylation sites (N-methyl/N-ethyl adjacent to an activating group) is 1. The highest BCUT2D eigenvalue weighted by atomic mass is 16.5. The maximum atomic E-state index is 10.0. The molecule has 0 aromatic heterocycles. The third-order valence-electron chi connectivity index (χ3n) is 6.29. The maximum absolute atomic E-state index is 10.0. The molecule has 4 unspecified atom stereocenters. The van der Waals surface area contributed by atoms with Crippen molar-refractivity contribution in [3.63, 3.8) is 0 Å². The fourth-order valence-corrected chi connectivity index (χ4v) is 4.29. The van der Waals surface area contributed by atoms with Gasteiger partial charge in [-0.15, -0.1) is 0 Å². The zero-order valence-corrected chi connectivity index (χ0v) is 17.2. The first-order chi connectivity index (χ1) is 13.9. The van der Waals surface area contributed by atoms with Crippen LogP contribution in [0.2, 0.25) is 0 Å². The Bertz CT molecular complexity index is 660. The number of aliphatic hydroxyl groups is 4. The number of benzene rings is 1. The molecule has 0 radical (unpaired) electrons. The lowest BCUT2D eigenvalue weighted by Crippen LogP contribution is -2.62. The molecular weight excluding hydrogens is 372 g/mol. The molecule has 0 saturated carbocycles. The number of β-amino-alcohol motifs (C(OH)–C–C–N with tert-alkyl or cyclic N) is 1. The van der Waals surface area contributed by atoms with Gasteiger partial charge in [0.25, 0.3) is 0 Å². The van der Waals surface area contributed by atoms with Crippen molar-refractivity contribution in [1.29, 1.82) is 0 Å². The molecule has 1 aromatic carbocycles. The molecule has 0 amide bonds. The van der Waals surface area contributed by atoms with Gasteiger partial charge in [-0.05, 0) is 17.7 Å². The van der Waals surface area contributed by atoms with E-state index in [1.54, 1.807) is 4.90 Å². The van der Waals surface area contributed by atoms with E-state index < -0.39 is 24.4 Å². The third kappa shape index (κ3) is 5.78. The van der Waals surface area contributed by atoms with E-state index in [9.17, 15) is 20.4 Å². The lowest BCUT2D eigenvalue weighted by molar-refractivity contribution is -0.897. The standard InChI is InChI=1S/C22H35N2O5/c1-24(11-2-3-12-24)13-14-29-18-8-6-17(7-9-18)5-4-10-23-15-20(26)22(28)21(27)19(23)16-25/h4-9,19-22,25-28H,2-3,10-16H2,1H3/q+1. The van der Waals surface area contributed by atoms with E-state index in [0.29, 0.717) is 6.54 Å². The summed E-state index contributed by atoms with van der Waals surface area (Å²) in [5.41, 5.74) is 1.02. The third-order valence-corrected chi connectivity index (χ3v) is 6.29. The Morgan fingerprint density at radius 1 is 1.10 bits per heavy atom. The molecular formula is C22H35N2O5+. The molecule has 4 atom stereocenters. The Labute approximate surface area is 173 Å². The Morgan fingerprint density at radius 2 is 1.79 bits per heavy atom. The van der Waals surface area contributed by atoms with E-state index >= 15 is 0 Å². The van der Waals surface area contributed by atoms with Crippen molar-refractivity contribution in [2.45, 2.75) is 37.2 Å². The van der Waals surface area contributed by atoms with Crippen LogP contribution in [0.25, 0.3) is 6.08 Å². The zero-order valence-electron chi connectivity index (χ0n) is 17.2.